The molecule has 2 aromatic heterocycles. The van der Waals surface area contributed by atoms with Gasteiger partial charge in [0.25, 0.3) is 0 Å². The van der Waals surface area contributed by atoms with Gasteiger partial charge in [-0.05, 0) is 25.0 Å². The molecule has 8 heteroatoms. The van der Waals surface area contributed by atoms with Gasteiger partial charge in [-0.3, -0.25) is 9.59 Å². The summed E-state index contributed by atoms with van der Waals surface area (Å²) in [6.07, 6.45) is 7.55. The molecular weight excluding hydrogens is 356 g/mol. The molecule has 3 aromatic rings. The number of para-hydroxylation sites is 2. The van der Waals surface area contributed by atoms with Crippen LogP contribution < -0.4 is 5.73 Å². The summed E-state index contributed by atoms with van der Waals surface area (Å²) in [5.41, 5.74) is 7.30. The summed E-state index contributed by atoms with van der Waals surface area (Å²) >= 11 is 0. The highest BCUT2D eigenvalue weighted by atomic mass is 16.2. The topological polar surface area (TPSA) is 99.0 Å². The number of likely N-dealkylation sites (tertiary alicyclic amines) is 1. The number of hydrogen-bond donors (Lipinski definition) is 1. The van der Waals surface area contributed by atoms with Gasteiger partial charge < -0.3 is 19.8 Å². The fourth-order valence-electron chi connectivity index (χ4n) is 3.96. The van der Waals surface area contributed by atoms with E-state index in [-0.39, 0.29) is 18.4 Å². The highest BCUT2D eigenvalue weighted by Gasteiger charge is 2.27. The Hall–Kier alpha value is -3.16. The van der Waals surface area contributed by atoms with Gasteiger partial charge in [-0.15, -0.1) is 0 Å². The maximum absolute atomic E-state index is 12.8. The van der Waals surface area contributed by atoms with Crippen molar-refractivity contribution in [2.75, 3.05) is 13.1 Å². The molecule has 1 aliphatic heterocycles. The van der Waals surface area contributed by atoms with Crippen molar-refractivity contribution in [1.82, 2.24) is 24.0 Å². The fourth-order valence-corrected chi connectivity index (χ4v) is 3.96. The van der Waals surface area contributed by atoms with Gasteiger partial charge in [0.15, 0.2) is 0 Å². The van der Waals surface area contributed by atoms with Crippen LogP contribution in [0.3, 0.4) is 0 Å². The number of aryl methyl sites for hydroxylation is 1. The van der Waals surface area contributed by atoms with Crippen LogP contribution in [0.2, 0.25) is 0 Å². The van der Waals surface area contributed by atoms with Crippen LogP contribution in [0.4, 0.5) is 0 Å². The summed E-state index contributed by atoms with van der Waals surface area (Å²) in [4.78, 5) is 34.8. The lowest BCUT2D eigenvalue weighted by Gasteiger charge is -2.32. The second-order valence-corrected chi connectivity index (χ2v) is 7.24. The van der Waals surface area contributed by atoms with Gasteiger partial charge in [0.2, 0.25) is 11.8 Å². The predicted octanol–water partition coefficient (Wildman–Crippen LogP) is 1.51. The second kappa shape index (κ2) is 7.84. The maximum atomic E-state index is 12.8. The average molecular weight is 380 g/mol. The van der Waals surface area contributed by atoms with E-state index in [4.69, 9.17) is 5.73 Å². The lowest BCUT2D eigenvalue weighted by atomic mass is 9.96. The van der Waals surface area contributed by atoms with E-state index in [1.54, 1.807) is 23.3 Å². The van der Waals surface area contributed by atoms with E-state index in [1.807, 2.05) is 33.7 Å². The summed E-state index contributed by atoms with van der Waals surface area (Å²) in [7, 11) is 0. The molecule has 2 N–H and O–H groups in total. The van der Waals surface area contributed by atoms with E-state index in [9.17, 15) is 9.59 Å². The molecule has 146 valence electrons. The quantitative estimate of drug-likeness (QED) is 0.701. The Balaban J connectivity index is 1.40. The minimum Gasteiger partial charge on any atom is -0.368 e. The molecule has 0 aliphatic carbocycles. The molecule has 1 saturated heterocycles. The number of piperidine rings is 1. The van der Waals surface area contributed by atoms with Crippen molar-refractivity contribution in [3.8, 4) is 0 Å². The molecule has 8 nitrogen and oxygen atoms in total. The van der Waals surface area contributed by atoms with Crippen LogP contribution in [0.5, 0.6) is 0 Å². The van der Waals surface area contributed by atoms with E-state index in [0.29, 0.717) is 19.5 Å². The molecular formula is C20H24N6O2. The zero-order valence-electron chi connectivity index (χ0n) is 15.7. The third-order valence-corrected chi connectivity index (χ3v) is 5.31. The Kier molecular flexibility index (Phi) is 5.10. The second-order valence-electron chi connectivity index (χ2n) is 7.24. The molecule has 2 amide bonds. The van der Waals surface area contributed by atoms with Crippen molar-refractivity contribution >= 4 is 22.8 Å². The van der Waals surface area contributed by atoms with Crippen molar-refractivity contribution in [3.05, 3.63) is 48.8 Å². The number of nitrogens with zero attached hydrogens (tertiary/aromatic N) is 5. The van der Waals surface area contributed by atoms with Crippen LogP contribution in [0.25, 0.3) is 11.0 Å². The summed E-state index contributed by atoms with van der Waals surface area (Å²) in [5, 5.41) is 0. The van der Waals surface area contributed by atoms with E-state index in [0.717, 1.165) is 36.2 Å². The number of nitrogens with two attached hydrogens (primary N) is 1. The van der Waals surface area contributed by atoms with Gasteiger partial charge in [-0.25, -0.2) is 9.97 Å². The molecule has 0 saturated carbocycles. The molecule has 1 aliphatic rings. The first kappa shape index (κ1) is 18.2. The Morgan fingerprint density at radius 2 is 2.04 bits per heavy atom. The Morgan fingerprint density at radius 1 is 1.18 bits per heavy atom. The molecule has 4 rings (SSSR count). The molecule has 0 unspecified atom stereocenters. The number of benzene rings is 1. The third kappa shape index (κ3) is 3.76. The number of carbonyl (C=O) groups is 2. The zero-order valence-corrected chi connectivity index (χ0v) is 15.7. The number of carbonyl (C=O) groups excluding carboxylic acids is 2. The zero-order chi connectivity index (χ0) is 19.5. The summed E-state index contributed by atoms with van der Waals surface area (Å²) in [5.74, 6) is 0.698. The molecule has 3 heterocycles. The maximum Gasteiger partial charge on any atom is 0.237 e. The van der Waals surface area contributed by atoms with Gasteiger partial charge in [0, 0.05) is 44.4 Å². The Bertz CT molecular complexity index is 991. The number of amides is 2. The summed E-state index contributed by atoms with van der Waals surface area (Å²) < 4.78 is 3.81. The van der Waals surface area contributed by atoms with Crippen molar-refractivity contribution in [3.63, 3.8) is 0 Å². The smallest absolute Gasteiger partial charge is 0.237 e. The monoisotopic (exact) mass is 380 g/mol. The number of aromatic nitrogens is 4. The lowest BCUT2D eigenvalue weighted by molar-refractivity contribution is -0.132. The minimum atomic E-state index is -0.393. The van der Waals surface area contributed by atoms with Crippen LogP contribution in [0, 0.1) is 0 Å². The lowest BCUT2D eigenvalue weighted by Crippen LogP contribution is -2.40. The Morgan fingerprint density at radius 3 is 2.89 bits per heavy atom. The molecule has 0 radical (unpaired) electrons. The van der Waals surface area contributed by atoms with E-state index >= 15 is 0 Å². The molecule has 1 fully saturated rings. The summed E-state index contributed by atoms with van der Waals surface area (Å²) in [6.45, 7) is 2.11. The van der Waals surface area contributed by atoms with Crippen LogP contribution >= 0.6 is 0 Å². The standard InChI is InChI=1S/C20H24N6O2/c21-18(27)13-25-11-8-22-20(25)15-4-3-9-24(12-15)19(28)7-10-26-14-23-16-5-1-2-6-17(16)26/h1-2,5-6,8,11,14-15H,3-4,7,9-10,12-13H2,(H2,21,27)/t15-/m1/s1. The molecule has 1 atom stereocenters. The van der Waals surface area contributed by atoms with Crippen LogP contribution in [-0.2, 0) is 22.7 Å². The first-order chi connectivity index (χ1) is 13.6. The number of rotatable bonds is 6. The van der Waals surface area contributed by atoms with Crippen molar-refractivity contribution in [2.24, 2.45) is 5.73 Å². The third-order valence-electron chi connectivity index (χ3n) is 5.31. The first-order valence-corrected chi connectivity index (χ1v) is 9.59. The van der Waals surface area contributed by atoms with Crippen molar-refractivity contribution in [1.29, 1.82) is 0 Å². The van der Waals surface area contributed by atoms with Crippen LogP contribution in [-0.4, -0.2) is 48.9 Å². The van der Waals surface area contributed by atoms with Gasteiger partial charge in [-0.2, -0.15) is 0 Å². The molecule has 28 heavy (non-hydrogen) atoms. The van der Waals surface area contributed by atoms with Gasteiger partial charge in [-0.1, -0.05) is 12.1 Å². The first-order valence-electron chi connectivity index (χ1n) is 9.59. The highest BCUT2D eigenvalue weighted by Crippen LogP contribution is 2.26. The molecule has 0 bridgehead atoms. The minimum absolute atomic E-state index is 0.119. The van der Waals surface area contributed by atoms with Gasteiger partial charge >= 0.3 is 0 Å². The highest BCUT2D eigenvalue weighted by molar-refractivity contribution is 5.78. The Labute approximate surface area is 163 Å². The fraction of sp³-hybridized carbons (Fsp3) is 0.400. The van der Waals surface area contributed by atoms with Crippen LogP contribution in [0.15, 0.2) is 43.0 Å². The van der Waals surface area contributed by atoms with Crippen LogP contribution in [0.1, 0.15) is 31.0 Å². The number of hydrogen-bond acceptors (Lipinski definition) is 4. The van der Waals surface area contributed by atoms with Crippen molar-refractivity contribution in [2.45, 2.75) is 38.3 Å². The van der Waals surface area contributed by atoms with E-state index in [1.165, 1.54) is 0 Å². The van der Waals surface area contributed by atoms with Gasteiger partial charge in [0.1, 0.15) is 12.4 Å². The predicted molar refractivity (Wildman–Crippen MR) is 104 cm³/mol. The summed E-state index contributed by atoms with van der Waals surface area (Å²) in [6, 6.07) is 7.92. The molecule has 0 spiro atoms. The number of imidazole rings is 2. The number of primary amides is 1. The molecule has 1 aromatic carbocycles. The normalized spacial score (nSPS) is 17.1. The van der Waals surface area contributed by atoms with E-state index in [2.05, 4.69) is 9.97 Å². The van der Waals surface area contributed by atoms with Gasteiger partial charge in [0.05, 0.1) is 17.4 Å². The largest absolute Gasteiger partial charge is 0.368 e. The van der Waals surface area contributed by atoms with E-state index < -0.39 is 5.91 Å². The number of fused-ring (bicyclic) bond motifs is 1. The SMILES string of the molecule is NC(=O)Cn1ccnc1[C@@H]1CCCN(C(=O)CCn2cnc3ccccc32)C1. The average Bonchev–Trinajstić information content (AvgIpc) is 3.32. The van der Waals surface area contributed by atoms with Crippen molar-refractivity contribution < 1.29 is 9.59 Å².